The number of nitrogens with one attached hydrogen (secondary N) is 1. The summed E-state index contributed by atoms with van der Waals surface area (Å²) in [6.07, 6.45) is 1.33. The molecule has 1 aliphatic carbocycles. The van der Waals surface area contributed by atoms with E-state index in [4.69, 9.17) is 4.74 Å². The van der Waals surface area contributed by atoms with E-state index in [9.17, 15) is 14.0 Å². The molecule has 0 spiro atoms. The molecule has 1 aromatic carbocycles. The summed E-state index contributed by atoms with van der Waals surface area (Å²) in [5.74, 6) is -1.93. The van der Waals surface area contributed by atoms with Gasteiger partial charge in [-0.1, -0.05) is 11.3 Å². The topological polar surface area (TPSA) is 106 Å². The molecule has 9 nitrogen and oxygen atoms in total. The number of nitrogens with zero attached hydrogens (tertiary/aromatic N) is 7. The van der Waals surface area contributed by atoms with Crippen molar-refractivity contribution in [2.75, 3.05) is 19.0 Å². The molecule has 0 bridgehead atoms. The van der Waals surface area contributed by atoms with Crippen molar-refractivity contribution in [3.05, 3.63) is 30.5 Å². The number of alkyl halides is 2. The minimum Gasteiger partial charge on any atom is -0.479 e. The fourth-order valence-corrected chi connectivity index (χ4v) is 3.96. The van der Waals surface area contributed by atoms with Crippen LogP contribution in [0.25, 0.3) is 27.7 Å². The van der Waals surface area contributed by atoms with Crippen LogP contribution in [-0.2, 0) is 0 Å². The molecule has 1 fully saturated rings. The van der Waals surface area contributed by atoms with Gasteiger partial charge in [0.05, 0.1) is 30.2 Å². The van der Waals surface area contributed by atoms with E-state index in [-0.39, 0.29) is 18.9 Å². The van der Waals surface area contributed by atoms with Crippen LogP contribution in [0.15, 0.2) is 30.5 Å². The second kappa shape index (κ2) is 7.37. The van der Waals surface area contributed by atoms with Crippen molar-refractivity contribution >= 4 is 22.5 Å². The molecule has 1 aliphatic rings. The smallest absolute Gasteiger partial charge is 0.252 e. The van der Waals surface area contributed by atoms with E-state index < -0.39 is 11.3 Å². The van der Waals surface area contributed by atoms with Gasteiger partial charge in [0.1, 0.15) is 11.0 Å². The van der Waals surface area contributed by atoms with Crippen molar-refractivity contribution in [2.24, 2.45) is 5.41 Å². The highest BCUT2D eigenvalue weighted by molar-refractivity contribution is 5.89. The second-order valence-electron chi connectivity index (χ2n) is 8.97. The summed E-state index contributed by atoms with van der Waals surface area (Å²) in [5, 5.41) is 25.0. The molecule has 33 heavy (non-hydrogen) atoms. The Kier molecular flexibility index (Phi) is 4.70. The van der Waals surface area contributed by atoms with Gasteiger partial charge in [-0.05, 0) is 37.6 Å². The molecule has 0 atom stereocenters. The molecular formula is C22H22F2N8O. The van der Waals surface area contributed by atoms with Crippen LogP contribution in [0, 0.1) is 16.7 Å². The van der Waals surface area contributed by atoms with Crippen molar-refractivity contribution in [2.45, 2.75) is 38.7 Å². The lowest BCUT2D eigenvalue weighted by Crippen LogP contribution is -2.37. The molecule has 3 aromatic heterocycles. The Labute approximate surface area is 188 Å². The van der Waals surface area contributed by atoms with Gasteiger partial charge in [-0.25, -0.2) is 18.0 Å². The highest BCUT2D eigenvalue weighted by Crippen LogP contribution is 2.46. The normalized spacial score (nSPS) is 16.0. The molecule has 11 heteroatoms. The van der Waals surface area contributed by atoms with Gasteiger partial charge >= 0.3 is 0 Å². The first-order valence-electron chi connectivity index (χ1n) is 10.5. The van der Waals surface area contributed by atoms with Gasteiger partial charge in [0.25, 0.3) is 5.92 Å². The lowest BCUT2D eigenvalue weighted by molar-refractivity contribution is -0.106. The lowest BCUT2D eigenvalue weighted by Gasteiger charge is -2.34. The average molecular weight is 452 g/mol. The predicted molar refractivity (Wildman–Crippen MR) is 117 cm³/mol. The van der Waals surface area contributed by atoms with Crippen LogP contribution < -0.4 is 10.1 Å². The number of aromatic nitrogens is 6. The van der Waals surface area contributed by atoms with Gasteiger partial charge in [-0.3, -0.25) is 0 Å². The molecular weight excluding hydrogens is 430 g/mol. The van der Waals surface area contributed by atoms with Crippen LogP contribution in [0.5, 0.6) is 5.88 Å². The number of hydrogen-bond donors (Lipinski definition) is 1. The Morgan fingerprint density at radius 3 is 2.79 bits per heavy atom. The molecule has 0 radical (unpaired) electrons. The molecule has 0 unspecified atom stereocenters. The molecule has 0 saturated heterocycles. The SMILES string of the molecule is COc1nc(NCC(C)(C)C#N)nn2ccc(-c3ccc4nnn(C5CC(F)(F)C5)c4c3)c12. The number of halogens is 2. The highest BCUT2D eigenvalue weighted by Gasteiger charge is 2.47. The summed E-state index contributed by atoms with van der Waals surface area (Å²) in [6.45, 7) is 4.02. The summed E-state index contributed by atoms with van der Waals surface area (Å²) in [6, 6.07) is 9.36. The van der Waals surface area contributed by atoms with Gasteiger partial charge in [-0.2, -0.15) is 10.2 Å². The van der Waals surface area contributed by atoms with E-state index in [2.05, 4.69) is 31.8 Å². The first-order chi connectivity index (χ1) is 15.7. The fraction of sp³-hybridized carbons (Fsp3) is 0.409. The van der Waals surface area contributed by atoms with Crippen LogP contribution in [0.1, 0.15) is 32.7 Å². The molecule has 170 valence electrons. The fourth-order valence-electron chi connectivity index (χ4n) is 3.96. The molecule has 5 rings (SSSR count). The summed E-state index contributed by atoms with van der Waals surface area (Å²) < 4.78 is 35.6. The van der Waals surface area contributed by atoms with Gasteiger partial charge in [0.2, 0.25) is 11.8 Å². The molecule has 1 saturated carbocycles. The molecule has 0 aliphatic heterocycles. The maximum Gasteiger partial charge on any atom is 0.252 e. The van der Waals surface area contributed by atoms with Gasteiger partial charge < -0.3 is 10.1 Å². The Morgan fingerprint density at radius 2 is 2.09 bits per heavy atom. The minimum absolute atomic E-state index is 0.231. The van der Waals surface area contributed by atoms with Crippen molar-refractivity contribution in [3.63, 3.8) is 0 Å². The predicted octanol–water partition coefficient (Wildman–Crippen LogP) is 4.08. The third-order valence-electron chi connectivity index (χ3n) is 5.86. The number of methoxy groups -OCH3 is 1. The van der Waals surface area contributed by atoms with Crippen molar-refractivity contribution in [1.29, 1.82) is 5.26 Å². The van der Waals surface area contributed by atoms with Crippen LogP contribution in [-0.4, -0.2) is 49.2 Å². The summed E-state index contributed by atoms with van der Waals surface area (Å²) in [4.78, 5) is 4.46. The van der Waals surface area contributed by atoms with Crippen molar-refractivity contribution < 1.29 is 13.5 Å². The molecule has 3 heterocycles. The number of hydrogen-bond acceptors (Lipinski definition) is 7. The van der Waals surface area contributed by atoms with Crippen LogP contribution in [0.2, 0.25) is 0 Å². The quantitative estimate of drug-likeness (QED) is 0.470. The maximum absolute atomic E-state index is 13.4. The van der Waals surface area contributed by atoms with E-state index >= 15 is 0 Å². The first kappa shape index (κ1) is 21.1. The van der Waals surface area contributed by atoms with Crippen molar-refractivity contribution in [3.8, 4) is 23.1 Å². The van der Waals surface area contributed by atoms with E-state index in [1.165, 1.54) is 7.11 Å². The van der Waals surface area contributed by atoms with Crippen LogP contribution in [0.4, 0.5) is 14.7 Å². The number of fused-ring (bicyclic) bond motifs is 2. The van der Waals surface area contributed by atoms with E-state index in [1.807, 2.05) is 38.1 Å². The molecule has 0 amide bonds. The molecule has 1 N–H and O–H groups in total. The summed E-state index contributed by atoms with van der Waals surface area (Å²) in [5.41, 5.74) is 3.09. The lowest BCUT2D eigenvalue weighted by atomic mass is 9.88. The Hall–Kier alpha value is -3.81. The van der Waals surface area contributed by atoms with E-state index in [0.29, 0.717) is 34.9 Å². The average Bonchev–Trinajstić information content (AvgIpc) is 3.39. The third kappa shape index (κ3) is 3.71. The monoisotopic (exact) mass is 452 g/mol. The Bertz CT molecular complexity index is 1390. The number of nitriles is 1. The van der Waals surface area contributed by atoms with Gasteiger partial charge in [-0.15, -0.1) is 10.2 Å². The maximum atomic E-state index is 13.4. The van der Waals surface area contributed by atoms with E-state index in [0.717, 1.165) is 11.1 Å². The van der Waals surface area contributed by atoms with Crippen molar-refractivity contribution in [1.82, 2.24) is 29.6 Å². The largest absolute Gasteiger partial charge is 0.479 e. The zero-order valence-corrected chi connectivity index (χ0v) is 18.4. The van der Waals surface area contributed by atoms with Gasteiger partial charge in [0, 0.05) is 31.1 Å². The van der Waals surface area contributed by atoms with E-state index in [1.54, 1.807) is 15.4 Å². The molecule has 4 aromatic rings. The number of rotatable bonds is 6. The zero-order chi connectivity index (χ0) is 23.4. The zero-order valence-electron chi connectivity index (χ0n) is 18.4. The van der Waals surface area contributed by atoms with Crippen LogP contribution >= 0.6 is 0 Å². The summed E-state index contributed by atoms with van der Waals surface area (Å²) in [7, 11) is 1.53. The Balaban J connectivity index is 1.53. The number of anilines is 1. The Morgan fingerprint density at radius 1 is 1.30 bits per heavy atom. The minimum atomic E-state index is -2.64. The van der Waals surface area contributed by atoms with Gasteiger partial charge in [0.15, 0.2) is 0 Å². The second-order valence-corrected chi connectivity index (χ2v) is 8.97. The number of benzene rings is 1. The highest BCUT2D eigenvalue weighted by atomic mass is 19.3. The number of ether oxygens (including phenoxy) is 1. The first-order valence-corrected chi connectivity index (χ1v) is 10.5. The third-order valence-corrected chi connectivity index (χ3v) is 5.86. The summed E-state index contributed by atoms with van der Waals surface area (Å²) >= 11 is 0. The van der Waals surface area contributed by atoms with Crippen LogP contribution in [0.3, 0.4) is 0 Å². The standard InChI is InChI=1S/C22H22F2N8O/c1-21(2,11-25)12-26-20-27-19(33-3)18-15(6-7-31(18)29-20)13-4-5-16-17(8-13)32(30-28-16)14-9-22(23,24)10-14/h4-8,14H,9-10,12H2,1-3H3,(H,26,29).